The highest BCUT2D eigenvalue weighted by atomic mass is 32.2. The molecular formula is C26H38N2O6S. The van der Waals surface area contributed by atoms with Gasteiger partial charge in [-0.2, -0.15) is 4.31 Å². The maximum Gasteiger partial charge on any atom is 0.247 e. The summed E-state index contributed by atoms with van der Waals surface area (Å²) in [6.07, 6.45) is 6.29. The summed E-state index contributed by atoms with van der Waals surface area (Å²) in [4.78, 5) is 14.9. The number of amides is 1. The molecule has 0 spiro atoms. The van der Waals surface area contributed by atoms with Crippen LogP contribution in [0.15, 0.2) is 29.2 Å². The van der Waals surface area contributed by atoms with Crippen molar-refractivity contribution >= 4 is 21.5 Å². The Hall–Kier alpha value is -1.94. The van der Waals surface area contributed by atoms with Crippen LogP contribution < -0.4 is 4.74 Å². The molecule has 2 aliphatic heterocycles. The molecule has 1 aromatic carbocycles. The van der Waals surface area contributed by atoms with Crippen LogP contribution in [0.5, 0.6) is 5.75 Å². The largest absolute Gasteiger partial charge is 0.487 e. The minimum absolute atomic E-state index is 0.0582. The van der Waals surface area contributed by atoms with E-state index in [0.717, 1.165) is 24.8 Å². The normalized spacial score (nSPS) is 26.1. The number of allylic oxidation sites excluding steroid dienone is 2. The van der Waals surface area contributed by atoms with E-state index in [1.165, 1.54) is 9.88 Å². The zero-order valence-corrected chi connectivity index (χ0v) is 21.8. The average Bonchev–Trinajstić information content (AvgIpc) is 3.40. The van der Waals surface area contributed by atoms with Gasteiger partial charge in [-0.15, -0.1) is 0 Å². The van der Waals surface area contributed by atoms with Crippen molar-refractivity contribution in [3.05, 3.63) is 29.8 Å². The Morgan fingerprint density at radius 1 is 1.29 bits per heavy atom. The van der Waals surface area contributed by atoms with Crippen LogP contribution in [0.4, 0.5) is 0 Å². The highest BCUT2D eigenvalue weighted by molar-refractivity contribution is 7.89. The van der Waals surface area contributed by atoms with Gasteiger partial charge in [-0.1, -0.05) is 19.1 Å². The van der Waals surface area contributed by atoms with Crippen molar-refractivity contribution in [2.45, 2.75) is 63.0 Å². The second-order valence-corrected chi connectivity index (χ2v) is 12.0. The van der Waals surface area contributed by atoms with E-state index in [0.29, 0.717) is 38.3 Å². The van der Waals surface area contributed by atoms with Gasteiger partial charge < -0.3 is 19.5 Å². The van der Waals surface area contributed by atoms with E-state index in [-0.39, 0.29) is 35.8 Å². The average molecular weight is 507 g/mol. The van der Waals surface area contributed by atoms with E-state index in [4.69, 9.17) is 9.47 Å². The lowest BCUT2D eigenvalue weighted by Gasteiger charge is -2.38. The predicted octanol–water partition coefficient (Wildman–Crippen LogP) is 2.91. The second-order valence-electron chi connectivity index (χ2n) is 10.1. The Morgan fingerprint density at radius 2 is 2.03 bits per heavy atom. The number of fused-ring (bicyclic) bond motifs is 1. The molecule has 0 bridgehead atoms. The smallest absolute Gasteiger partial charge is 0.247 e. The Balaban J connectivity index is 1.67. The van der Waals surface area contributed by atoms with Crippen LogP contribution in [-0.2, 0) is 19.6 Å². The number of sulfonamides is 1. The number of likely N-dealkylation sites (N-methyl/N-ethyl adjacent to an activating group) is 1. The van der Waals surface area contributed by atoms with Crippen molar-refractivity contribution in [2.75, 3.05) is 40.0 Å². The summed E-state index contributed by atoms with van der Waals surface area (Å²) in [5.41, 5.74) is 2.17. The molecule has 8 nitrogen and oxygen atoms in total. The minimum Gasteiger partial charge on any atom is -0.487 e. The van der Waals surface area contributed by atoms with Crippen molar-refractivity contribution in [3.8, 4) is 5.75 Å². The van der Waals surface area contributed by atoms with Crippen molar-refractivity contribution < 1.29 is 27.8 Å². The van der Waals surface area contributed by atoms with Crippen LogP contribution in [0, 0.1) is 11.8 Å². The molecule has 3 aliphatic rings. The number of benzene rings is 1. The third kappa shape index (κ3) is 5.58. The molecule has 0 saturated carbocycles. The molecule has 2 heterocycles. The highest BCUT2D eigenvalue weighted by Gasteiger charge is 2.39. The molecule has 1 saturated heterocycles. The molecule has 0 aromatic heterocycles. The fourth-order valence-electron chi connectivity index (χ4n) is 5.19. The molecule has 3 atom stereocenters. The van der Waals surface area contributed by atoms with Gasteiger partial charge >= 0.3 is 0 Å². The molecule has 1 aromatic rings. The van der Waals surface area contributed by atoms with Crippen LogP contribution in [0.1, 0.15) is 51.5 Å². The molecule has 194 valence electrons. The van der Waals surface area contributed by atoms with Crippen LogP contribution in [0.25, 0.3) is 5.57 Å². The van der Waals surface area contributed by atoms with Gasteiger partial charge in [-0.05, 0) is 62.3 Å². The van der Waals surface area contributed by atoms with Crippen LogP contribution >= 0.6 is 0 Å². The summed E-state index contributed by atoms with van der Waals surface area (Å²) in [7, 11) is -2.09. The lowest BCUT2D eigenvalue weighted by molar-refractivity contribution is -0.138. The van der Waals surface area contributed by atoms with Gasteiger partial charge in [0.2, 0.25) is 15.9 Å². The van der Waals surface area contributed by atoms with Crippen LogP contribution in [-0.4, -0.2) is 80.7 Å². The summed E-state index contributed by atoms with van der Waals surface area (Å²) in [5, 5.41) is 9.82. The van der Waals surface area contributed by atoms with Gasteiger partial charge in [0, 0.05) is 44.7 Å². The zero-order valence-electron chi connectivity index (χ0n) is 21.0. The molecule has 1 aliphatic carbocycles. The first-order chi connectivity index (χ1) is 16.7. The number of aliphatic hydroxyl groups is 1. The van der Waals surface area contributed by atoms with E-state index >= 15 is 0 Å². The Morgan fingerprint density at radius 3 is 2.69 bits per heavy atom. The van der Waals surface area contributed by atoms with Crippen LogP contribution in [0.3, 0.4) is 0 Å². The van der Waals surface area contributed by atoms with E-state index in [2.05, 4.69) is 6.08 Å². The van der Waals surface area contributed by atoms with Crippen molar-refractivity contribution in [1.82, 2.24) is 9.21 Å². The topological polar surface area (TPSA) is 96.4 Å². The molecule has 1 fully saturated rings. The van der Waals surface area contributed by atoms with Gasteiger partial charge in [0.15, 0.2) is 0 Å². The van der Waals surface area contributed by atoms with Gasteiger partial charge in [-0.3, -0.25) is 4.79 Å². The molecule has 4 rings (SSSR count). The molecule has 9 heteroatoms. The number of hydrogen-bond donors (Lipinski definition) is 1. The number of hydrogen-bond acceptors (Lipinski definition) is 6. The predicted molar refractivity (Wildman–Crippen MR) is 133 cm³/mol. The Bertz CT molecular complexity index is 1050. The summed E-state index contributed by atoms with van der Waals surface area (Å²) in [6, 6.07) is 4.73. The Kier molecular flexibility index (Phi) is 8.20. The second kappa shape index (κ2) is 11.0. The molecule has 1 N–H and O–H groups in total. The number of rotatable bonds is 6. The van der Waals surface area contributed by atoms with Gasteiger partial charge in [-0.25, -0.2) is 8.42 Å². The zero-order chi connectivity index (χ0) is 25.2. The fraction of sp³-hybridized carbons (Fsp3) is 0.654. The van der Waals surface area contributed by atoms with Gasteiger partial charge in [0.25, 0.3) is 0 Å². The Labute approximate surface area is 208 Å². The van der Waals surface area contributed by atoms with E-state index in [1.54, 1.807) is 24.9 Å². The monoisotopic (exact) mass is 506 g/mol. The van der Waals surface area contributed by atoms with E-state index in [1.807, 2.05) is 19.1 Å². The molecule has 35 heavy (non-hydrogen) atoms. The summed E-state index contributed by atoms with van der Waals surface area (Å²) in [6.45, 7) is 5.11. The molecule has 0 radical (unpaired) electrons. The third-order valence-corrected chi connectivity index (χ3v) is 9.50. The number of carbonyl (C=O) groups is 1. The van der Waals surface area contributed by atoms with E-state index in [9.17, 15) is 18.3 Å². The number of carbonyl (C=O) groups excluding carboxylic acids is 1. The first kappa shape index (κ1) is 26.1. The van der Waals surface area contributed by atoms with Crippen molar-refractivity contribution in [1.29, 1.82) is 0 Å². The van der Waals surface area contributed by atoms with Crippen molar-refractivity contribution in [2.24, 2.45) is 11.8 Å². The van der Waals surface area contributed by atoms with Gasteiger partial charge in [0.05, 0.1) is 13.2 Å². The lowest BCUT2D eigenvalue weighted by atomic mass is 9.97. The lowest BCUT2D eigenvalue weighted by Crippen LogP contribution is -2.50. The first-order valence-electron chi connectivity index (χ1n) is 12.7. The maximum atomic E-state index is 13.6. The first-order valence-corrected chi connectivity index (χ1v) is 14.1. The van der Waals surface area contributed by atoms with Gasteiger partial charge in [0.1, 0.15) is 16.7 Å². The summed E-state index contributed by atoms with van der Waals surface area (Å²) >= 11 is 0. The standard InChI is InChI=1S/C26H38N2O6S/c1-18-15-28(19(2)17-29)35(31,32)25-9-8-22(20-6-4-5-7-20)14-23(25)34-24(18)16-27(3)26(30)21-10-12-33-13-11-21/h6,8-9,14,18-19,21,24,29H,4-5,7,10-13,15-17H2,1-3H3/t18-,19-,24-/m1/s1. The molecular weight excluding hydrogens is 468 g/mol. The molecule has 1 amide bonds. The molecule has 0 unspecified atom stereocenters. The number of ether oxygens (including phenoxy) is 2. The summed E-state index contributed by atoms with van der Waals surface area (Å²) in [5.74, 6) is 0.127. The number of nitrogens with zero attached hydrogens (tertiary/aromatic N) is 2. The fourth-order valence-corrected chi connectivity index (χ4v) is 7.02. The summed E-state index contributed by atoms with van der Waals surface area (Å²) < 4.78 is 40.5. The van der Waals surface area contributed by atoms with Crippen molar-refractivity contribution in [3.63, 3.8) is 0 Å². The quantitative estimate of drug-likeness (QED) is 0.637. The highest BCUT2D eigenvalue weighted by Crippen LogP contribution is 2.37. The van der Waals surface area contributed by atoms with Crippen LogP contribution in [0.2, 0.25) is 0 Å². The maximum absolute atomic E-state index is 13.6. The number of aliphatic hydroxyl groups excluding tert-OH is 1. The SMILES string of the molecule is C[C@@H]1CN([C@H](C)CO)S(=O)(=O)c2ccc(C3=CCCC3)cc2O[C@@H]1CN(C)C(=O)C1CCOCC1. The third-order valence-electron chi connectivity index (χ3n) is 7.48. The van der Waals surface area contributed by atoms with E-state index < -0.39 is 22.2 Å². The minimum atomic E-state index is -3.88.